The van der Waals surface area contributed by atoms with Crippen molar-refractivity contribution in [1.29, 1.82) is 0 Å². The lowest BCUT2D eigenvalue weighted by Crippen LogP contribution is -2.48. The highest BCUT2D eigenvalue weighted by atomic mass is 16.2. The third-order valence-corrected chi connectivity index (χ3v) is 3.81. The number of nitrogens with zero attached hydrogens (tertiary/aromatic N) is 1. The molecule has 0 aromatic heterocycles. The molecular formula is C13H24N2O. The first-order chi connectivity index (χ1) is 7.54. The molecule has 3 heteroatoms. The minimum atomic E-state index is 0.0335. The van der Waals surface area contributed by atoms with Crippen LogP contribution in [0.3, 0.4) is 0 Å². The highest BCUT2D eigenvalue weighted by molar-refractivity contribution is 5.84. The zero-order chi connectivity index (χ0) is 11.8. The fraction of sp³-hybridized carbons (Fsp3) is 0.923. The van der Waals surface area contributed by atoms with E-state index in [0.717, 1.165) is 25.8 Å². The van der Waals surface area contributed by atoms with Crippen LogP contribution in [0.15, 0.2) is 0 Å². The highest BCUT2D eigenvalue weighted by Gasteiger charge is 2.41. The van der Waals surface area contributed by atoms with Gasteiger partial charge in [-0.1, -0.05) is 13.3 Å². The molecule has 1 atom stereocenters. The maximum absolute atomic E-state index is 12.3. The average molecular weight is 224 g/mol. The van der Waals surface area contributed by atoms with Crippen LogP contribution in [0.4, 0.5) is 0 Å². The molecule has 0 spiro atoms. The largest absolute Gasteiger partial charge is 0.336 e. The van der Waals surface area contributed by atoms with Crippen molar-refractivity contribution in [2.75, 3.05) is 6.54 Å². The molecule has 16 heavy (non-hydrogen) atoms. The lowest BCUT2D eigenvalue weighted by molar-refractivity contribution is -0.134. The molecule has 3 nitrogen and oxygen atoms in total. The number of hydrogen-bond acceptors (Lipinski definition) is 2. The van der Waals surface area contributed by atoms with E-state index in [1.807, 2.05) is 0 Å². The van der Waals surface area contributed by atoms with Gasteiger partial charge in [-0.25, -0.2) is 0 Å². The van der Waals surface area contributed by atoms with Crippen LogP contribution in [0.25, 0.3) is 0 Å². The standard InChI is InChI=1S/C13H24N2O/c1-4-8-13(2,3)15-9-7-11(12(15)16)14-10-5-6-10/h10-11,14H,4-9H2,1-3H3. The lowest BCUT2D eigenvalue weighted by atomic mass is 9.97. The monoisotopic (exact) mass is 224 g/mol. The van der Waals surface area contributed by atoms with Crippen LogP contribution in [0.2, 0.25) is 0 Å². The van der Waals surface area contributed by atoms with Crippen LogP contribution >= 0.6 is 0 Å². The van der Waals surface area contributed by atoms with Gasteiger partial charge in [-0.05, 0) is 39.5 Å². The Hall–Kier alpha value is -0.570. The molecule has 1 amide bonds. The molecular weight excluding hydrogens is 200 g/mol. The maximum atomic E-state index is 12.3. The van der Waals surface area contributed by atoms with Gasteiger partial charge >= 0.3 is 0 Å². The molecule has 1 heterocycles. The van der Waals surface area contributed by atoms with E-state index < -0.39 is 0 Å². The Morgan fingerprint density at radius 2 is 2.06 bits per heavy atom. The Morgan fingerprint density at radius 1 is 1.38 bits per heavy atom. The van der Waals surface area contributed by atoms with E-state index >= 15 is 0 Å². The van der Waals surface area contributed by atoms with Gasteiger partial charge in [-0.15, -0.1) is 0 Å². The van der Waals surface area contributed by atoms with Gasteiger partial charge in [0.05, 0.1) is 6.04 Å². The van der Waals surface area contributed by atoms with Crippen molar-refractivity contribution in [3.8, 4) is 0 Å². The molecule has 1 aliphatic carbocycles. The lowest BCUT2D eigenvalue weighted by Gasteiger charge is -2.35. The van der Waals surface area contributed by atoms with E-state index in [1.54, 1.807) is 0 Å². The van der Waals surface area contributed by atoms with E-state index in [2.05, 4.69) is 31.0 Å². The summed E-state index contributed by atoms with van der Waals surface area (Å²) in [6, 6.07) is 0.729. The third kappa shape index (κ3) is 2.40. The van der Waals surface area contributed by atoms with Crippen molar-refractivity contribution < 1.29 is 4.79 Å². The van der Waals surface area contributed by atoms with Crippen molar-refractivity contribution >= 4 is 5.91 Å². The molecule has 1 unspecified atom stereocenters. The fourth-order valence-electron chi connectivity index (χ4n) is 2.72. The van der Waals surface area contributed by atoms with Gasteiger partial charge < -0.3 is 10.2 Å². The number of rotatable bonds is 5. The molecule has 1 N–H and O–H groups in total. The summed E-state index contributed by atoms with van der Waals surface area (Å²) in [5.74, 6) is 0.324. The second-order valence-electron chi connectivity index (χ2n) is 5.83. The Morgan fingerprint density at radius 3 is 2.62 bits per heavy atom. The smallest absolute Gasteiger partial charge is 0.240 e. The number of amides is 1. The molecule has 92 valence electrons. The van der Waals surface area contributed by atoms with Crippen LogP contribution in [0.5, 0.6) is 0 Å². The molecule has 1 aliphatic heterocycles. The van der Waals surface area contributed by atoms with E-state index in [1.165, 1.54) is 12.8 Å². The first-order valence-electron chi connectivity index (χ1n) is 6.62. The second-order valence-corrected chi connectivity index (χ2v) is 5.83. The van der Waals surface area contributed by atoms with Crippen molar-refractivity contribution in [3.05, 3.63) is 0 Å². The number of carbonyl (C=O) groups is 1. The van der Waals surface area contributed by atoms with Crippen molar-refractivity contribution in [3.63, 3.8) is 0 Å². The Kier molecular flexibility index (Phi) is 3.24. The normalized spacial score (nSPS) is 26.6. The zero-order valence-corrected chi connectivity index (χ0v) is 10.8. The number of nitrogens with one attached hydrogen (secondary N) is 1. The first-order valence-corrected chi connectivity index (χ1v) is 6.62. The van der Waals surface area contributed by atoms with Crippen LogP contribution in [0, 0.1) is 0 Å². The van der Waals surface area contributed by atoms with Crippen molar-refractivity contribution in [2.45, 2.75) is 70.5 Å². The Bertz CT molecular complexity index is 271. The molecule has 0 radical (unpaired) electrons. The summed E-state index contributed by atoms with van der Waals surface area (Å²) in [5, 5.41) is 3.46. The SMILES string of the molecule is CCCC(C)(C)N1CCC(NC2CC2)C1=O. The molecule has 0 bridgehead atoms. The summed E-state index contributed by atoms with van der Waals surface area (Å²) in [6.45, 7) is 7.49. The predicted octanol–water partition coefficient (Wildman–Crippen LogP) is 1.92. The first kappa shape index (κ1) is 11.9. The van der Waals surface area contributed by atoms with Gasteiger partial charge in [0.15, 0.2) is 0 Å². The topological polar surface area (TPSA) is 32.3 Å². The average Bonchev–Trinajstić information content (AvgIpc) is 2.92. The van der Waals surface area contributed by atoms with Crippen LogP contribution < -0.4 is 5.32 Å². The summed E-state index contributed by atoms with van der Waals surface area (Å²) >= 11 is 0. The quantitative estimate of drug-likeness (QED) is 0.774. The van der Waals surface area contributed by atoms with E-state index in [4.69, 9.17) is 0 Å². The molecule has 1 saturated heterocycles. The van der Waals surface area contributed by atoms with E-state index in [9.17, 15) is 4.79 Å². The Labute approximate surface area is 98.6 Å². The fourth-order valence-corrected chi connectivity index (χ4v) is 2.72. The summed E-state index contributed by atoms with van der Waals surface area (Å²) in [4.78, 5) is 14.3. The summed E-state index contributed by atoms with van der Waals surface area (Å²) < 4.78 is 0. The zero-order valence-electron chi connectivity index (χ0n) is 10.8. The van der Waals surface area contributed by atoms with Crippen LogP contribution in [0.1, 0.15) is 52.9 Å². The van der Waals surface area contributed by atoms with E-state index in [0.29, 0.717) is 11.9 Å². The van der Waals surface area contributed by atoms with Crippen molar-refractivity contribution in [2.24, 2.45) is 0 Å². The second kappa shape index (κ2) is 4.36. The van der Waals surface area contributed by atoms with Gasteiger partial charge in [0, 0.05) is 18.1 Å². The molecule has 2 fully saturated rings. The molecule has 0 aromatic rings. The summed E-state index contributed by atoms with van der Waals surface area (Å²) in [7, 11) is 0. The van der Waals surface area contributed by atoms with E-state index in [-0.39, 0.29) is 11.6 Å². The van der Waals surface area contributed by atoms with Gasteiger partial charge in [0.1, 0.15) is 0 Å². The van der Waals surface area contributed by atoms with Gasteiger partial charge in [0.2, 0.25) is 5.91 Å². The molecule has 2 rings (SSSR count). The predicted molar refractivity (Wildman–Crippen MR) is 65.3 cm³/mol. The highest BCUT2D eigenvalue weighted by Crippen LogP contribution is 2.28. The number of hydrogen-bond donors (Lipinski definition) is 1. The summed E-state index contributed by atoms with van der Waals surface area (Å²) in [6.07, 6.45) is 5.72. The molecule has 2 aliphatic rings. The van der Waals surface area contributed by atoms with Crippen LogP contribution in [-0.4, -0.2) is 35.0 Å². The minimum Gasteiger partial charge on any atom is -0.336 e. The molecule has 0 aromatic carbocycles. The number of carbonyl (C=O) groups excluding carboxylic acids is 1. The molecule has 1 saturated carbocycles. The van der Waals surface area contributed by atoms with Gasteiger partial charge in [0.25, 0.3) is 0 Å². The number of likely N-dealkylation sites (tertiary alicyclic amines) is 1. The van der Waals surface area contributed by atoms with Gasteiger partial charge in [-0.3, -0.25) is 4.79 Å². The summed E-state index contributed by atoms with van der Waals surface area (Å²) in [5.41, 5.74) is 0.0335. The van der Waals surface area contributed by atoms with Crippen LogP contribution in [-0.2, 0) is 4.79 Å². The van der Waals surface area contributed by atoms with Crippen molar-refractivity contribution in [1.82, 2.24) is 10.2 Å². The third-order valence-electron chi connectivity index (χ3n) is 3.81. The Balaban J connectivity index is 1.94. The van der Waals surface area contributed by atoms with Gasteiger partial charge in [-0.2, -0.15) is 0 Å². The maximum Gasteiger partial charge on any atom is 0.240 e. The minimum absolute atomic E-state index is 0.0335.